The molecule has 4 atom stereocenters. The molecule has 4 aromatic carbocycles. The van der Waals surface area contributed by atoms with Gasteiger partial charge in [0.25, 0.3) is 0 Å². The molecular formula is C87H94F4N36. The lowest BCUT2D eigenvalue weighted by Gasteiger charge is -2.22. The number of tetrazole rings is 4. The van der Waals surface area contributed by atoms with Gasteiger partial charge >= 0.3 is 0 Å². The number of aryl methyl sites for hydroxylation is 4. The lowest BCUT2D eigenvalue weighted by atomic mass is 10.1. The van der Waals surface area contributed by atoms with E-state index in [2.05, 4.69) is 124 Å². The summed E-state index contributed by atoms with van der Waals surface area (Å²) >= 11 is 0. The second kappa shape index (κ2) is 36.7. The summed E-state index contributed by atoms with van der Waals surface area (Å²) in [4.78, 5) is 17.4. The number of nitrogen functional groups attached to an aromatic ring is 4. The molecule has 12 N–H and O–H groups in total. The molecule has 40 heteroatoms. The van der Waals surface area contributed by atoms with Crippen LogP contribution in [0.4, 0.5) is 40.8 Å². The van der Waals surface area contributed by atoms with Crippen molar-refractivity contribution in [3.8, 4) is 113 Å². The third-order valence-corrected chi connectivity index (χ3v) is 24.1. The van der Waals surface area contributed by atoms with Crippen LogP contribution in [-0.4, -0.2) is 192 Å². The minimum absolute atomic E-state index is 0.259. The van der Waals surface area contributed by atoms with Gasteiger partial charge in [0.15, 0.2) is 46.6 Å². The van der Waals surface area contributed by atoms with Crippen molar-refractivity contribution in [2.45, 2.75) is 125 Å². The van der Waals surface area contributed by atoms with Gasteiger partial charge in [0.05, 0.1) is 71.2 Å². The fraction of sp³-hybridized carbons (Fsp3) is 0.310. The molecule has 16 aromatic rings. The van der Waals surface area contributed by atoms with Crippen LogP contribution in [0, 0.1) is 78.7 Å². The van der Waals surface area contributed by atoms with Gasteiger partial charge in [-0.3, -0.25) is 18.7 Å². The number of halogens is 4. The van der Waals surface area contributed by atoms with Crippen LogP contribution >= 0.6 is 0 Å². The van der Waals surface area contributed by atoms with E-state index < -0.39 is 0 Å². The summed E-state index contributed by atoms with van der Waals surface area (Å²) in [5.41, 5.74) is 40.5. The van der Waals surface area contributed by atoms with E-state index in [1.807, 2.05) is 132 Å². The van der Waals surface area contributed by atoms with Crippen molar-refractivity contribution in [3.05, 3.63) is 215 Å². The standard InChI is InChI=1S/C23H26FN9.C22H24FN9.2C21H22FN9/c1-14-5-6-20(21(24)15(14)2)33-23(29-30-31-33)19-10-16(11-27-22(19)25)17-12-28-32(13-17)18-4-3-8-26-9-7-18;1-13-5-6-19(20(23)14(13)2)32-22(28-29-30-32)18-8-15(9-26-21(18)24)16-10-27-31(12-16)17-4-3-7-25-11-17;2*1-12-3-4-18(19(22)13(12)2)31-21(27-28-29-31)17-7-14(8-25-20(17)23)15-9-26-30(11-15)16-5-6-24-10-16/h5-6,10-13,18,26H,3-4,7-9H2,1-2H3,(H2,25,27);5-6,8-10,12,17,25H,3-4,7,11H2,1-2H3,(H2,24,26);2*3-4,7-9,11,16,24H,5-6,10H2,1-2H3,(H2,23,25)/t;17-;2*16-/m.010/s1. The number of nitrogens with one attached hydrogen (secondary N) is 4. The molecule has 4 aliphatic heterocycles. The van der Waals surface area contributed by atoms with Gasteiger partial charge in [-0.05, 0) is 268 Å². The number of piperidine rings is 1. The highest BCUT2D eigenvalue weighted by atomic mass is 19.1. The molecule has 0 radical (unpaired) electrons. The molecule has 4 fully saturated rings. The lowest BCUT2D eigenvalue weighted by molar-refractivity contribution is 0.347. The zero-order valence-corrected chi connectivity index (χ0v) is 71.1. The highest BCUT2D eigenvalue weighted by Crippen LogP contribution is 2.38. The second-order valence-electron chi connectivity index (χ2n) is 32.1. The van der Waals surface area contributed by atoms with E-state index in [0.29, 0.717) is 92.0 Å². The summed E-state index contributed by atoms with van der Waals surface area (Å²) in [5.74, 6) is 0.850. The maximum Gasteiger partial charge on any atom is 0.190 e. The first-order valence-corrected chi connectivity index (χ1v) is 41.8. The van der Waals surface area contributed by atoms with Crippen LogP contribution < -0.4 is 44.2 Å². The molecular weight excluding hydrogens is 1630 g/mol. The third-order valence-electron chi connectivity index (χ3n) is 24.1. The number of hydrogen-bond acceptors (Lipinski definition) is 28. The third kappa shape index (κ3) is 17.4. The van der Waals surface area contributed by atoms with Gasteiger partial charge in [-0.15, -0.1) is 20.4 Å². The van der Waals surface area contributed by atoms with Crippen molar-refractivity contribution in [3.63, 3.8) is 0 Å². The predicted molar refractivity (Wildman–Crippen MR) is 470 cm³/mol. The maximum atomic E-state index is 15.0. The molecule has 0 amide bonds. The Balaban J connectivity index is 0.000000119. The maximum absolute atomic E-state index is 15.0. The first kappa shape index (κ1) is 84.6. The molecule has 16 heterocycles. The SMILES string of the molecule is Cc1ccc(-n2nnnc2-c2cc(-c3cnn(C4CCCNCC4)c3)cnc2N)c(F)c1C.Cc1ccc(-n2nnnc2-c2cc(-c3cnn([C@@H]4CCNC4)c3)cnc2N)c(F)c1C.Cc1ccc(-n2nnnc2-c2cc(-c3cnn([C@H]4CCCNC4)c3)cnc2N)c(F)c1C.Cc1ccc(-n2nnnc2-c2cc(-c3cnn([C@H]4CCNC4)c3)cnc2N)c(F)c1C. The van der Waals surface area contributed by atoms with Crippen LogP contribution in [0.25, 0.3) is 113 Å². The first-order chi connectivity index (χ1) is 61.6. The number of pyridine rings is 4. The predicted octanol–water partition coefficient (Wildman–Crippen LogP) is 11.0. The molecule has 4 saturated heterocycles. The zero-order chi connectivity index (χ0) is 88.3. The first-order valence-electron chi connectivity index (χ1n) is 41.8. The van der Waals surface area contributed by atoms with E-state index in [1.54, 1.807) is 89.1 Å². The molecule has 36 nitrogen and oxygen atoms in total. The Morgan fingerprint density at radius 1 is 0.299 bits per heavy atom. The van der Waals surface area contributed by atoms with Crippen LogP contribution in [0.2, 0.25) is 0 Å². The molecule has 0 spiro atoms. The molecule has 0 bridgehead atoms. The number of nitrogens with two attached hydrogens (primary N) is 4. The normalized spacial score (nSPS) is 16.3. The number of nitrogens with zero attached hydrogens (tertiary/aromatic N) is 28. The highest BCUT2D eigenvalue weighted by molar-refractivity contribution is 5.80. The Bertz CT molecular complexity index is 6440. The second-order valence-corrected chi connectivity index (χ2v) is 32.1. The smallest absolute Gasteiger partial charge is 0.190 e. The Morgan fingerprint density at radius 3 is 0.827 bits per heavy atom. The Morgan fingerprint density at radius 2 is 0.551 bits per heavy atom. The lowest BCUT2D eigenvalue weighted by Crippen LogP contribution is -2.31. The van der Waals surface area contributed by atoms with Crippen LogP contribution in [0.1, 0.15) is 114 Å². The minimum Gasteiger partial charge on any atom is -0.383 e. The Labute approximate surface area is 726 Å². The topological polar surface area (TPSA) is 449 Å². The molecule has 0 aliphatic carbocycles. The summed E-state index contributed by atoms with van der Waals surface area (Å²) in [6, 6.07) is 22.8. The van der Waals surface area contributed by atoms with E-state index in [4.69, 9.17) is 22.9 Å². The van der Waals surface area contributed by atoms with Gasteiger partial charge in [0.2, 0.25) is 0 Å². The number of hydrogen-bond donors (Lipinski definition) is 8. The van der Waals surface area contributed by atoms with Crippen LogP contribution in [0.5, 0.6) is 0 Å². The number of benzene rings is 4. The van der Waals surface area contributed by atoms with Crippen molar-refractivity contribution >= 4 is 23.3 Å². The molecule has 650 valence electrons. The van der Waals surface area contributed by atoms with E-state index in [0.717, 1.165) is 164 Å². The zero-order valence-electron chi connectivity index (χ0n) is 71.1. The quantitative estimate of drug-likeness (QED) is 0.0417. The van der Waals surface area contributed by atoms with Gasteiger partial charge in [0.1, 0.15) is 46.0 Å². The fourth-order valence-corrected chi connectivity index (χ4v) is 15.8. The fourth-order valence-electron chi connectivity index (χ4n) is 15.8. The minimum atomic E-state index is -0.373. The van der Waals surface area contributed by atoms with E-state index in [-0.39, 0.29) is 69.3 Å². The van der Waals surface area contributed by atoms with Gasteiger partial charge in [0, 0.05) is 114 Å². The van der Waals surface area contributed by atoms with Crippen molar-refractivity contribution in [2.24, 2.45) is 0 Å². The van der Waals surface area contributed by atoms with Gasteiger partial charge in [-0.1, -0.05) is 24.3 Å². The van der Waals surface area contributed by atoms with Crippen molar-refractivity contribution in [1.29, 1.82) is 0 Å². The van der Waals surface area contributed by atoms with Gasteiger partial charge in [-0.2, -0.15) is 39.1 Å². The molecule has 0 saturated carbocycles. The van der Waals surface area contributed by atoms with E-state index >= 15 is 0 Å². The highest BCUT2D eigenvalue weighted by Gasteiger charge is 2.29. The summed E-state index contributed by atoms with van der Waals surface area (Å²) in [7, 11) is 0. The Kier molecular flexibility index (Phi) is 24.4. The van der Waals surface area contributed by atoms with Crippen LogP contribution in [0.3, 0.4) is 0 Å². The monoisotopic (exact) mass is 1720 g/mol. The molecule has 1 unspecified atom stereocenters. The summed E-state index contributed by atoms with van der Waals surface area (Å²) in [6.07, 6.45) is 29.7. The molecule has 127 heavy (non-hydrogen) atoms. The number of rotatable bonds is 16. The van der Waals surface area contributed by atoms with Crippen molar-refractivity contribution in [1.82, 2.24) is 161 Å². The van der Waals surface area contributed by atoms with Crippen molar-refractivity contribution < 1.29 is 17.6 Å². The molecule has 20 rings (SSSR count). The number of aromatic nitrogens is 28. The Hall–Kier alpha value is -14.6. The van der Waals surface area contributed by atoms with E-state index in [1.165, 1.54) is 18.7 Å². The van der Waals surface area contributed by atoms with E-state index in [9.17, 15) is 17.6 Å². The van der Waals surface area contributed by atoms with Crippen LogP contribution in [0.15, 0.2) is 147 Å². The van der Waals surface area contributed by atoms with Crippen LogP contribution in [-0.2, 0) is 0 Å². The average molecular weight is 1720 g/mol. The number of anilines is 4. The summed E-state index contributed by atoms with van der Waals surface area (Å²) < 4.78 is 73.2. The summed E-state index contributed by atoms with van der Waals surface area (Å²) in [6.45, 7) is 22.1. The van der Waals surface area contributed by atoms with Gasteiger partial charge < -0.3 is 44.2 Å². The molecule has 12 aromatic heterocycles. The summed E-state index contributed by atoms with van der Waals surface area (Å²) in [5, 5.41) is 79.2. The average Bonchev–Trinajstić information content (AvgIpc) is 1.74. The van der Waals surface area contributed by atoms with Gasteiger partial charge in [-0.25, -0.2) is 37.5 Å². The largest absolute Gasteiger partial charge is 0.383 e. The van der Waals surface area contributed by atoms with Crippen molar-refractivity contribution in [2.75, 3.05) is 75.3 Å². The molecule has 4 aliphatic rings.